The van der Waals surface area contributed by atoms with Gasteiger partial charge in [0.15, 0.2) is 0 Å². The molecule has 0 saturated heterocycles. The highest BCUT2D eigenvalue weighted by molar-refractivity contribution is 5.51. The van der Waals surface area contributed by atoms with Crippen molar-refractivity contribution in [1.82, 2.24) is 4.90 Å². The first-order valence-corrected chi connectivity index (χ1v) is 13.1. The van der Waals surface area contributed by atoms with Crippen molar-refractivity contribution in [3.63, 3.8) is 0 Å². The Kier molecular flexibility index (Phi) is 13.5. The summed E-state index contributed by atoms with van der Waals surface area (Å²) in [6, 6.07) is 10.9. The van der Waals surface area contributed by atoms with Crippen LogP contribution >= 0.6 is 0 Å². The molecule has 1 unspecified atom stereocenters. The fourth-order valence-corrected chi connectivity index (χ4v) is 4.61. The Hall–Kier alpha value is -1.44. The van der Waals surface area contributed by atoms with Crippen LogP contribution in [0.5, 0.6) is 0 Å². The lowest BCUT2D eigenvalue weighted by atomic mass is 10.1. The van der Waals surface area contributed by atoms with E-state index in [1.807, 2.05) is 0 Å². The van der Waals surface area contributed by atoms with Gasteiger partial charge in [0, 0.05) is 24.6 Å². The Balaban J connectivity index is 1.64. The Bertz CT molecular complexity index is 539. The van der Waals surface area contributed by atoms with Gasteiger partial charge >= 0.3 is 0 Å². The average molecular weight is 413 g/mol. The fraction of sp³-hybridized carbons (Fsp3) is 0.714. The molecule has 30 heavy (non-hydrogen) atoms. The van der Waals surface area contributed by atoms with E-state index in [1.165, 1.54) is 115 Å². The quantitative estimate of drug-likeness (QED) is 0.222. The lowest BCUT2D eigenvalue weighted by molar-refractivity contribution is 0.273. The summed E-state index contributed by atoms with van der Waals surface area (Å²) in [5.74, 6) is 0. The first-order valence-electron chi connectivity index (χ1n) is 13.1. The second-order valence-corrected chi connectivity index (χ2v) is 9.14. The normalized spacial score (nSPS) is 16.0. The monoisotopic (exact) mass is 412 g/mol. The van der Waals surface area contributed by atoms with Crippen LogP contribution in [0.3, 0.4) is 0 Å². The summed E-state index contributed by atoms with van der Waals surface area (Å²) in [6.45, 7) is 5.80. The molecule has 1 atom stereocenters. The molecule has 1 aliphatic rings. The molecule has 2 rings (SSSR count). The molecule has 2 heteroatoms. The van der Waals surface area contributed by atoms with Crippen LogP contribution in [0.15, 0.2) is 42.7 Å². The molecule has 0 spiro atoms. The lowest BCUT2D eigenvalue weighted by Crippen LogP contribution is -2.39. The molecular weight excluding hydrogens is 364 g/mol. The number of rotatable bonds is 18. The molecule has 1 aromatic rings. The Morgan fingerprint density at radius 2 is 1.13 bits per heavy atom. The predicted molar refractivity (Wildman–Crippen MR) is 134 cm³/mol. The van der Waals surface area contributed by atoms with Crippen LogP contribution < -0.4 is 4.90 Å². The Morgan fingerprint density at radius 3 is 1.73 bits per heavy atom. The minimum Gasteiger partial charge on any atom is -0.356 e. The molecule has 1 aromatic carbocycles. The summed E-state index contributed by atoms with van der Waals surface area (Å²) < 4.78 is 0. The van der Waals surface area contributed by atoms with Crippen LogP contribution in [0.25, 0.3) is 0 Å². The third-order valence-electron chi connectivity index (χ3n) is 6.51. The van der Waals surface area contributed by atoms with E-state index >= 15 is 0 Å². The second kappa shape index (κ2) is 16.3. The van der Waals surface area contributed by atoms with Gasteiger partial charge in [0.2, 0.25) is 0 Å². The maximum absolute atomic E-state index is 2.60. The van der Waals surface area contributed by atoms with Crippen LogP contribution in [0.2, 0.25) is 0 Å². The van der Waals surface area contributed by atoms with Gasteiger partial charge in [-0.3, -0.25) is 0 Å². The molecule has 0 saturated carbocycles. The topological polar surface area (TPSA) is 6.48 Å². The van der Waals surface area contributed by atoms with Crippen LogP contribution in [0.4, 0.5) is 5.69 Å². The number of para-hydroxylation sites is 1. The zero-order chi connectivity index (χ0) is 21.3. The van der Waals surface area contributed by atoms with Gasteiger partial charge in [-0.2, -0.15) is 0 Å². The highest BCUT2D eigenvalue weighted by atomic mass is 15.4. The van der Waals surface area contributed by atoms with Crippen molar-refractivity contribution < 1.29 is 0 Å². The molecule has 0 bridgehead atoms. The summed E-state index contributed by atoms with van der Waals surface area (Å²) >= 11 is 0. The third-order valence-corrected chi connectivity index (χ3v) is 6.51. The molecule has 0 fully saturated rings. The van der Waals surface area contributed by atoms with E-state index in [9.17, 15) is 0 Å². The highest BCUT2D eigenvalue weighted by Crippen LogP contribution is 2.28. The van der Waals surface area contributed by atoms with Crippen LogP contribution in [-0.4, -0.2) is 17.6 Å². The van der Waals surface area contributed by atoms with E-state index in [1.54, 1.807) is 0 Å². The number of unbranched alkanes of at least 4 members (excludes halogenated alkanes) is 13. The molecule has 0 N–H and O–H groups in total. The molecule has 1 heterocycles. The van der Waals surface area contributed by atoms with Gasteiger partial charge in [0.1, 0.15) is 6.17 Å². The van der Waals surface area contributed by atoms with Crippen molar-refractivity contribution in [3.8, 4) is 0 Å². The second-order valence-electron chi connectivity index (χ2n) is 9.14. The van der Waals surface area contributed by atoms with Crippen molar-refractivity contribution >= 4 is 5.69 Å². The summed E-state index contributed by atoms with van der Waals surface area (Å²) in [5, 5.41) is 0. The minimum absolute atomic E-state index is 0.507. The standard InChI is InChI=1S/C28H48N2/c1-3-5-7-9-10-11-12-13-14-15-20-24-29-25-26-30(27-21-17-16-18-22-27)28(29)23-19-8-6-4-2/h16-18,21-22,25-26,28H,3-15,19-20,23-24H2,1-2H3. The van der Waals surface area contributed by atoms with Gasteiger partial charge in [-0.15, -0.1) is 0 Å². The maximum atomic E-state index is 2.60. The van der Waals surface area contributed by atoms with E-state index in [4.69, 9.17) is 0 Å². The predicted octanol–water partition coefficient (Wildman–Crippen LogP) is 8.89. The molecular formula is C28H48N2. The van der Waals surface area contributed by atoms with E-state index in [0.29, 0.717) is 6.17 Å². The molecule has 1 aliphatic heterocycles. The van der Waals surface area contributed by atoms with E-state index in [2.05, 4.69) is 66.4 Å². The van der Waals surface area contributed by atoms with Crippen LogP contribution in [0, 0.1) is 0 Å². The summed E-state index contributed by atoms with van der Waals surface area (Å²) in [4.78, 5) is 5.09. The lowest BCUT2D eigenvalue weighted by Gasteiger charge is -2.33. The van der Waals surface area contributed by atoms with Crippen molar-refractivity contribution in [3.05, 3.63) is 42.7 Å². The smallest absolute Gasteiger partial charge is 0.105 e. The largest absolute Gasteiger partial charge is 0.356 e. The molecule has 0 aliphatic carbocycles. The Labute approximate surface area is 187 Å². The maximum Gasteiger partial charge on any atom is 0.105 e. The molecule has 0 radical (unpaired) electrons. The summed E-state index contributed by atoms with van der Waals surface area (Å²) in [6.07, 6.45) is 27.4. The van der Waals surface area contributed by atoms with Crippen LogP contribution in [0.1, 0.15) is 117 Å². The SMILES string of the molecule is CCCCCCCCCCCCCN1C=CN(c2ccccc2)C1CCCCCC. The van der Waals surface area contributed by atoms with Crippen molar-refractivity contribution in [2.24, 2.45) is 0 Å². The van der Waals surface area contributed by atoms with Gasteiger partial charge in [-0.05, 0) is 31.4 Å². The molecule has 2 nitrogen and oxygen atoms in total. The summed E-state index contributed by atoms with van der Waals surface area (Å²) in [5.41, 5.74) is 1.33. The number of hydrogen-bond donors (Lipinski definition) is 0. The van der Waals surface area contributed by atoms with Gasteiger partial charge in [-0.1, -0.05) is 116 Å². The fourth-order valence-electron chi connectivity index (χ4n) is 4.61. The number of nitrogens with zero attached hydrogens (tertiary/aromatic N) is 2. The van der Waals surface area contributed by atoms with Gasteiger partial charge in [0.05, 0.1) is 0 Å². The molecule has 0 amide bonds. The number of anilines is 1. The Morgan fingerprint density at radius 1 is 0.600 bits per heavy atom. The minimum atomic E-state index is 0.507. The van der Waals surface area contributed by atoms with E-state index in [0.717, 1.165) is 0 Å². The van der Waals surface area contributed by atoms with Gasteiger partial charge in [0.25, 0.3) is 0 Å². The van der Waals surface area contributed by atoms with Gasteiger partial charge < -0.3 is 9.80 Å². The first-order chi connectivity index (χ1) is 14.9. The van der Waals surface area contributed by atoms with Crippen molar-refractivity contribution in [2.75, 3.05) is 11.4 Å². The van der Waals surface area contributed by atoms with Crippen LogP contribution in [-0.2, 0) is 0 Å². The van der Waals surface area contributed by atoms with Gasteiger partial charge in [-0.25, -0.2) is 0 Å². The van der Waals surface area contributed by atoms with E-state index < -0.39 is 0 Å². The van der Waals surface area contributed by atoms with Crippen molar-refractivity contribution in [1.29, 1.82) is 0 Å². The third kappa shape index (κ3) is 9.58. The molecule has 0 aromatic heterocycles. The van der Waals surface area contributed by atoms with E-state index in [-0.39, 0.29) is 0 Å². The van der Waals surface area contributed by atoms with Crippen molar-refractivity contribution in [2.45, 2.75) is 123 Å². The highest BCUT2D eigenvalue weighted by Gasteiger charge is 2.26. The number of hydrogen-bond acceptors (Lipinski definition) is 2. The summed E-state index contributed by atoms with van der Waals surface area (Å²) in [7, 11) is 0. The number of benzene rings is 1. The zero-order valence-electron chi connectivity index (χ0n) is 20.0. The molecule has 170 valence electrons. The zero-order valence-corrected chi connectivity index (χ0v) is 20.0. The average Bonchev–Trinajstić information content (AvgIpc) is 3.18. The first kappa shape index (κ1) is 24.8.